The van der Waals surface area contributed by atoms with Crippen molar-refractivity contribution in [3.8, 4) is 0 Å². The molecule has 1 aliphatic carbocycles. The quantitative estimate of drug-likeness (QED) is 0.466. The van der Waals surface area contributed by atoms with Crippen LogP contribution in [0.15, 0.2) is 0 Å². The topological polar surface area (TPSA) is 81.7 Å². The summed E-state index contributed by atoms with van der Waals surface area (Å²) in [5, 5.41) is 3.54. The van der Waals surface area contributed by atoms with Crippen molar-refractivity contribution < 1.29 is 13.0 Å². The van der Waals surface area contributed by atoms with Crippen molar-refractivity contribution >= 4 is 10.3 Å². The fraction of sp³-hybridized carbons (Fsp3) is 1.00. The molecule has 0 aromatic rings. The first-order valence-electron chi connectivity index (χ1n) is 8.74. The van der Waals surface area contributed by atoms with E-state index < -0.39 is 10.3 Å². The molecule has 2 aliphatic rings. The zero-order valence-electron chi connectivity index (χ0n) is 13.5. The largest absolute Gasteiger partial charge is 0.334 e. The fourth-order valence-corrected chi connectivity index (χ4v) is 4.28. The molecule has 1 unspecified atom stereocenters. The molecule has 0 radical (unpaired) electrons. The van der Waals surface area contributed by atoms with E-state index >= 15 is 0 Å². The van der Waals surface area contributed by atoms with Crippen molar-refractivity contribution in [1.29, 1.82) is 0 Å². The molecule has 1 atom stereocenters. The lowest BCUT2D eigenvalue weighted by Gasteiger charge is -2.35. The van der Waals surface area contributed by atoms with Gasteiger partial charge in [-0.15, -0.1) is 0 Å². The molecular weight excluding hydrogens is 302 g/mol. The Morgan fingerprint density at radius 1 is 1.05 bits per heavy atom. The molecule has 22 heavy (non-hydrogen) atoms. The maximum absolute atomic E-state index is 11.0. The Bertz CT molecular complexity index is 410. The van der Waals surface area contributed by atoms with Gasteiger partial charge in [0, 0.05) is 6.54 Å². The molecule has 1 saturated carbocycles. The standard InChI is InChI=1S/C15H31N3O3S/c19-22(20,21)17-15-9-4-5-11-18(15)12-6-10-16-13-14-7-2-1-3-8-14/h14-17H,1-13H2,(H,19,20,21). The smallest absolute Gasteiger partial charge is 0.316 e. The molecule has 7 heteroatoms. The van der Waals surface area contributed by atoms with E-state index in [4.69, 9.17) is 4.55 Å². The van der Waals surface area contributed by atoms with Crippen molar-refractivity contribution in [2.45, 2.75) is 64.0 Å². The number of hydrogen-bond acceptors (Lipinski definition) is 4. The number of nitrogens with one attached hydrogen (secondary N) is 2. The average Bonchev–Trinajstić information content (AvgIpc) is 2.48. The van der Waals surface area contributed by atoms with Crippen LogP contribution in [-0.4, -0.2) is 50.2 Å². The van der Waals surface area contributed by atoms with Crippen LogP contribution in [0.4, 0.5) is 0 Å². The third kappa shape index (κ3) is 6.91. The molecule has 3 N–H and O–H groups in total. The van der Waals surface area contributed by atoms with Crippen molar-refractivity contribution in [2.24, 2.45) is 5.92 Å². The van der Waals surface area contributed by atoms with E-state index in [-0.39, 0.29) is 6.17 Å². The summed E-state index contributed by atoms with van der Waals surface area (Å²) in [6.45, 7) is 3.86. The molecule has 1 aliphatic heterocycles. The predicted octanol–water partition coefficient (Wildman–Crippen LogP) is 1.75. The van der Waals surface area contributed by atoms with Gasteiger partial charge in [-0.1, -0.05) is 19.3 Å². The second-order valence-corrected chi connectivity index (χ2v) is 7.89. The second-order valence-electron chi connectivity index (χ2n) is 6.70. The maximum atomic E-state index is 11.0. The Morgan fingerprint density at radius 3 is 2.50 bits per heavy atom. The first-order valence-corrected chi connectivity index (χ1v) is 10.2. The molecule has 2 rings (SSSR count). The van der Waals surface area contributed by atoms with E-state index in [1.54, 1.807) is 0 Å². The molecule has 0 bridgehead atoms. The predicted molar refractivity (Wildman–Crippen MR) is 88.0 cm³/mol. The molecule has 0 aromatic carbocycles. The maximum Gasteiger partial charge on any atom is 0.334 e. The lowest BCUT2D eigenvalue weighted by molar-refractivity contribution is 0.135. The molecule has 0 aromatic heterocycles. The van der Waals surface area contributed by atoms with E-state index in [1.807, 2.05) is 0 Å². The zero-order valence-corrected chi connectivity index (χ0v) is 14.3. The van der Waals surface area contributed by atoms with Gasteiger partial charge in [0.1, 0.15) is 0 Å². The van der Waals surface area contributed by atoms with E-state index in [1.165, 1.54) is 32.1 Å². The second kappa shape index (κ2) is 9.17. The Morgan fingerprint density at radius 2 is 1.77 bits per heavy atom. The van der Waals surface area contributed by atoms with Gasteiger partial charge in [0.15, 0.2) is 0 Å². The summed E-state index contributed by atoms with van der Waals surface area (Å²) in [7, 11) is -4.11. The summed E-state index contributed by atoms with van der Waals surface area (Å²) in [4.78, 5) is 2.14. The summed E-state index contributed by atoms with van der Waals surface area (Å²) in [5.41, 5.74) is 0. The molecule has 0 amide bonds. The van der Waals surface area contributed by atoms with Gasteiger partial charge in [0.05, 0.1) is 6.17 Å². The fourth-order valence-electron chi connectivity index (χ4n) is 3.67. The van der Waals surface area contributed by atoms with Crippen molar-refractivity contribution in [3.05, 3.63) is 0 Å². The number of nitrogens with zero attached hydrogens (tertiary/aromatic N) is 1. The summed E-state index contributed by atoms with van der Waals surface area (Å²) >= 11 is 0. The lowest BCUT2D eigenvalue weighted by atomic mass is 9.89. The SMILES string of the molecule is O=S(=O)(O)NC1CCCCN1CCCNCC1CCCCC1. The third-order valence-corrected chi connectivity index (χ3v) is 5.43. The Kier molecular flexibility index (Phi) is 7.56. The van der Waals surface area contributed by atoms with Crippen LogP contribution in [0.25, 0.3) is 0 Å². The summed E-state index contributed by atoms with van der Waals surface area (Å²) in [6, 6.07) is 0. The van der Waals surface area contributed by atoms with Crippen LogP contribution in [0.2, 0.25) is 0 Å². The first kappa shape index (κ1) is 18.1. The Hall–Kier alpha value is -0.210. The van der Waals surface area contributed by atoms with E-state index in [0.717, 1.165) is 57.8 Å². The number of piperidine rings is 1. The highest BCUT2D eigenvalue weighted by atomic mass is 32.2. The van der Waals surface area contributed by atoms with Crippen LogP contribution in [0.5, 0.6) is 0 Å². The van der Waals surface area contributed by atoms with Crippen LogP contribution < -0.4 is 10.0 Å². The summed E-state index contributed by atoms with van der Waals surface area (Å²) in [6.07, 6.45) is 10.5. The molecule has 1 heterocycles. The van der Waals surface area contributed by atoms with Crippen molar-refractivity contribution in [3.63, 3.8) is 0 Å². The van der Waals surface area contributed by atoms with E-state index in [9.17, 15) is 8.42 Å². The number of likely N-dealkylation sites (tertiary alicyclic amines) is 1. The highest BCUT2D eigenvalue weighted by molar-refractivity contribution is 7.83. The van der Waals surface area contributed by atoms with Crippen LogP contribution in [0.3, 0.4) is 0 Å². The van der Waals surface area contributed by atoms with Gasteiger partial charge in [-0.3, -0.25) is 9.45 Å². The average molecular weight is 333 g/mol. The van der Waals surface area contributed by atoms with E-state index in [0.29, 0.717) is 0 Å². The van der Waals surface area contributed by atoms with Crippen LogP contribution in [0.1, 0.15) is 57.8 Å². The molecule has 2 fully saturated rings. The minimum Gasteiger partial charge on any atom is -0.316 e. The molecule has 6 nitrogen and oxygen atoms in total. The molecule has 0 spiro atoms. The van der Waals surface area contributed by atoms with Crippen LogP contribution in [0, 0.1) is 5.92 Å². The van der Waals surface area contributed by atoms with Crippen LogP contribution in [-0.2, 0) is 10.3 Å². The van der Waals surface area contributed by atoms with Gasteiger partial charge in [-0.2, -0.15) is 13.1 Å². The Labute approximate surface area is 134 Å². The number of rotatable bonds is 8. The highest BCUT2D eigenvalue weighted by Crippen LogP contribution is 2.22. The van der Waals surface area contributed by atoms with Crippen molar-refractivity contribution in [2.75, 3.05) is 26.2 Å². The van der Waals surface area contributed by atoms with Gasteiger partial charge in [-0.25, -0.2) is 0 Å². The third-order valence-electron chi connectivity index (χ3n) is 4.86. The highest BCUT2D eigenvalue weighted by Gasteiger charge is 2.25. The molecular formula is C15H31N3O3S. The van der Waals surface area contributed by atoms with Crippen molar-refractivity contribution in [1.82, 2.24) is 14.9 Å². The Balaban J connectivity index is 1.61. The van der Waals surface area contributed by atoms with Gasteiger partial charge >= 0.3 is 10.3 Å². The van der Waals surface area contributed by atoms with Gasteiger partial charge in [-0.05, 0) is 64.1 Å². The molecule has 1 saturated heterocycles. The normalized spacial score (nSPS) is 25.4. The number of hydrogen-bond donors (Lipinski definition) is 3. The monoisotopic (exact) mass is 333 g/mol. The lowest BCUT2D eigenvalue weighted by Crippen LogP contribution is -2.51. The molecule has 130 valence electrons. The summed E-state index contributed by atoms with van der Waals surface area (Å²) < 4.78 is 33.3. The van der Waals surface area contributed by atoms with E-state index in [2.05, 4.69) is 14.9 Å². The van der Waals surface area contributed by atoms with Crippen LogP contribution >= 0.6 is 0 Å². The minimum atomic E-state index is -4.11. The van der Waals surface area contributed by atoms with Gasteiger partial charge in [0.2, 0.25) is 0 Å². The van der Waals surface area contributed by atoms with Gasteiger partial charge in [0.25, 0.3) is 0 Å². The first-order chi connectivity index (χ1) is 10.5. The summed E-state index contributed by atoms with van der Waals surface area (Å²) in [5.74, 6) is 0.845. The minimum absolute atomic E-state index is 0.248. The van der Waals surface area contributed by atoms with Gasteiger partial charge < -0.3 is 5.32 Å². The zero-order chi connectivity index (χ0) is 15.8.